The second-order valence-corrected chi connectivity index (χ2v) is 2.37. The molecule has 0 aromatic rings. The van der Waals surface area contributed by atoms with Gasteiger partial charge in [-0.05, 0) is 9.12 Å². The maximum atomic E-state index is 4.89. The molecule has 0 bridgehead atoms. The van der Waals surface area contributed by atoms with Crippen molar-refractivity contribution >= 4 is 30.3 Å². The van der Waals surface area contributed by atoms with Crippen molar-refractivity contribution in [1.29, 1.82) is 0 Å². The normalized spacial score (nSPS) is 7.33. The van der Waals surface area contributed by atoms with Gasteiger partial charge in [-0.1, -0.05) is 5.92 Å². The van der Waals surface area contributed by atoms with E-state index in [1.807, 2.05) is 0 Å². The minimum atomic E-state index is 0.646. The van der Waals surface area contributed by atoms with Gasteiger partial charge in [0.15, 0.2) is 0 Å². The third-order valence-corrected chi connectivity index (χ3v) is 1.42. The van der Waals surface area contributed by atoms with Gasteiger partial charge in [0.05, 0.1) is 6.54 Å². The molecular weight excluding hydrogens is 209 g/mol. The number of hydrogen-bond donors (Lipinski definition) is 1. The molecule has 0 aromatic heterocycles. The van der Waals surface area contributed by atoms with Crippen LogP contribution in [-0.4, -0.2) is 6.54 Å². The fourth-order valence-electron chi connectivity index (χ4n) is 0.0689. The number of rotatable bonds is 2. The summed E-state index contributed by atoms with van der Waals surface area (Å²) in [5.41, 5.74) is 0. The molecule has 0 radical (unpaired) electrons. The number of terminal acetylenes is 1. The predicted molar refractivity (Wildman–Crippen MR) is 38.4 cm³/mol. The zero-order valence-electron chi connectivity index (χ0n) is 3.07. The number of halogens is 1. The van der Waals surface area contributed by atoms with Crippen LogP contribution in [0.3, 0.4) is 0 Å². The van der Waals surface area contributed by atoms with Crippen LogP contribution in [0.2, 0.25) is 0 Å². The van der Waals surface area contributed by atoms with Crippen molar-refractivity contribution in [1.82, 2.24) is 4.72 Å². The van der Waals surface area contributed by atoms with Crippen LogP contribution in [-0.2, 0) is 0 Å². The summed E-state index contributed by atoms with van der Waals surface area (Å²) in [4.78, 5) is 0. The van der Waals surface area contributed by atoms with Gasteiger partial charge in [0.1, 0.15) is 0 Å². The lowest BCUT2D eigenvalue weighted by Crippen LogP contribution is -1.97. The highest BCUT2D eigenvalue weighted by Crippen LogP contribution is 2.01. The second kappa shape index (κ2) is 5.60. The summed E-state index contributed by atoms with van der Waals surface area (Å²) in [5, 5.41) is 0. The molecule has 0 aliphatic rings. The minimum Gasteiger partial charge on any atom is -0.243 e. The van der Waals surface area contributed by atoms with Gasteiger partial charge in [0.25, 0.3) is 0 Å². The highest BCUT2D eigenvalue weighted by Gasteiger charge is 1.69. The van der Waals surface area contributed by atoms with E-state index in [1.54, 1.807) is 0 Å². The third kappa shape index (κ3) is 4.60. The van der Waals surface area contributed by atoms with Crippen LogP contribution in [0.15, 0.2) is 0 Å². The van der Waals surface area contributed by atoms with Crippen molar-refractivity contribution < 1.29 is 0 Å². The summed E-state index contributed by atoms with van der Waals surface area (Å²) < 4.78 is 2.87. The van der Waals surface area contributed by atoms with E-state index in [1.165, 1.54) is 9.12 Å². The molecular formula is C3H4INS. The van der Waals surface area contributed by atoms with Crippen molar-refractivity contribution in [2.45, 2.75) is 0 Å². The molecule has 0 aromatic carbocycles. The Bertz CT molecular complexity index is 58.3. The lowest BCUT2D eigenvalue weighted by molar-refractivity contribution is 1.18. The molecule has 1 N–H and O–H groups in total. The first-order chi connectivity index (χ1) is 2.91. The van der Waals surface area contributed by atoms with E-state index in [2.05, 4.69) is 31.8 Å². The number of hydrogen-bond acceptors (Lipinski definition) is 2. The lowest BCUT2D eigenvalue weighted by Gasteiger charge is -1.83. The van der Waals surface area contributed by atoms with E-state index in [0.717, 1.165) is 0 Å². The van der Waals surface area contributed by atoms with Crippen molar-refractivity contribution in [3.63, 3.8) is 0 Å². The Morgan fingerprint density at radius 2 is 2.67 bits per heavy atom. The standard InChI is InChI=1S/C3H4INS/c1-2-3-5-6-4/h1,5H,3H2. The molecule has 6 heavy (non-hydrogen) atoms. The number of nitrogens with one attached hydrogen (secondary N) is 1. The monoisotopic (exact) mass is 213 g/mol. The first kappa shape index (κ1) is 6.60. The zero-order valence-corrected chi connectivity index (χ0v) is 6.04. The Hall–Kier alpha value is 0.600. The molecule has 0 aliphatic carbocycles. The Morgan fingerprint density at radius 1 is 2.00 bits per heavy atom. The topological polar surface area (TPSA) is 12.0 Å². The van der Waals surface area contributed by atoms with Gasteiger partial charge >= 0.3 is 0 Å². The molecule has 1 nitrogen and oxygen atoms in total. The highest BCUT2D eigenvalue weighted by molar-refractivity contribution is 14.2. The van der Waals surface area contributed by atoms with Gasteiger partial charge < -0.3 is 0 Å². The molecule has 0 amide bonds. The summed E-state index contributed by atoms with van der Waals surface area (Å²) in [5.74, 6) is 2.43. The molecule has 3 heteroatoms. The molecule has 0 fully saturated rings. The van der Waals surface area contributed by atoms with Crippen molar-refractivity contribution in [3.8, 4) is 12.3 Å². The zero-order chi connectivity index (χ0) is 4.83. The molecule has 0 saturated heterocycles. The van der Waals surface area contributed by atoms with Crippen LogP contribution in [0.4, 0.5) is 0 Å². The third-order valence-electron chi connectivity index (χ3n) is 0.229. The van der Waals surface area contributed by atoms with Gasteiger partial charge in [-0.2, -0.15) is 0 Å². The summed E-state index contributed by atoms with van der Waals surface area (Å²) in [6.45, 7) is 0.646. The average Bonchev–Trinajstić information content (AvgIpc) is 1.61. The van der Waals surface area contributed by atoms with Crippen LogP contribution in [0.1, 0.15) is 0 Å². The molecule has 0 unspecified atom stereocenters. The van der Waals surface area contributed by atoms with E-state index in [9.17, 15) is 0 Å². The Kier molecular flexibility index (Phi) is 6.16. The molecule has 0 heterocycles. The van der Waals surface area contributed by atoms with E-state index in [-0.39, 0.29) is 0 Å². The van der Waals surface area contributed by atoms with Gasteiger partial charge in [-0.25, -0.2) is 4.72 Å². The van der Waals surface area contributed by atoms with Gasteiger partial charge in [0.2, 0.25) is 0 Å². The second-order valence-electron chi connectivity index (χ2n) is 0.602. The Balaban J connectivity index is 2.54. The predicted octanol–water partition coefficient (Wildman–Crippen LogP) is 1.21. The van der Waals surface area contributed by atoms with E-state index in [0.29, 0.717) is 6.54 Å². The van der Waals surface area contributed by atoms with Crippen molar-refractivity contribution in [3.05, 3.63) is 0 Å². The van der Waals surface area contributed by atoms with Crippen molar-refractivity contribution in [2.75, 3.05) is 6.54 Å². The summed E-state index contributed by atoms with van der Waals surface area (Å²) in [6, 6.07) is 0. The van der Waals surface area contributed by atoms with Crippen LogP contribution in [0.25, 0.3) is 0 Å². The maximum Gasteiger partial charge on any atom is 0.0675 e. The van der Waals surface area contributed by atoms with Crippen molar-refractivity contribution in [2.24, 2.45) is 0 Å². The smallest absolute Gasteiger partial charge is 0.0675 e. The Morgan fingerprint density at radius 3 is 2.83 bits per heavy atom. The molecule has 0 saturated carbocycles. The van der Waals surface area contributed by atoms with E-state index in [4.69, 9.17) is 6.42 Å². The van der Waals surface area contributed by atoms with Gasteiger partial charge in [-0.3, -0.25) is 0 Å². The van der Waals surface area contributed by atoms with Gasteiger partial charge in [0, 0.05) is 21.2 Å². The molecule has 34 valence electrons. The first-order valence-corrected chi connectivity index (χ1v) is 4.71. The van der Waals surface area contributed by atoms with E-state index < -0.39 is 0 Å². The lowest BCUT2D eigenvalue weighted by atomic mass is 10.7. The summed E-state index contributed by atoms with van der Waals surface area (Å²) in [6.07, 6.45) is 4.89. The van der Waals surface area contributed by atoms with Crippen LogP contribution >= 0.6 is 30.3 Å². The molecule has 0 aliphatic heterocycles. The Labute approximate surface area is 54.0 Å². The highest BCUT2D eigenvalue weighted by atomic mass is 127. The quantitative estimate of drug-likeness (QED) is 0.320. The largest absolute Gasteiger partial charge is 0.243 e. The molecule has 0 spiro atoms. The summed E-state index contributed by atoms with van der Waals surface area (Å²) in [7, 11) is 1.50. The van der Waals surface area contributed by atoms with Crippen LogP contribution < -0.4 is 4.72 Å². The van der Waals surface area contributed by atoms with Gasteiger partial charge in [-0.15, -0.1) is 6.42 Å². The molecule has 0 atom stereocenters. The minimum absolute atomic E-state index is 0.646. The fraction of sp³-hybridized carbons (Fsp3) is 0.333. The average molecular weight is 213 g/mol. The van der Waals surface area contributed by atoms with Crippen LogP contribution in [0, 0.1) is 12.3 Å². The maximum absolute atomic E-state index is 4.89. The van der Waals surface area contributed by atoms with E-state index >= 15 is 0 Å². The van der Waals surface area contributed by atoms with Crippen LogP contribution in [0.5, 0.6) is 0 Å². The fourth-order valence-corrected chi connectivity index (χ4v) is 0.674. The first-order valence-electron chi connectivity index (χ1n) is 1.35. The molecule has 0 rings (SSSR count). The SMILES string of the molecule is C#CCNSI. The summed E-state index contributed by atoms with van der Waals surface area (Å²) >= 11 is 2.12.